The Morgan fingerprint density at radius 1 is 1.02 bits per heavy atom. The van der Waals surface area contributed by atoms with Crippen molar-refractivity contribution in [3.8, 4) is 5.75 Å². The second-order valence-electron chi connectivity index (χ2n) is 10.9. The van der Waals surface area contributed by atoms with Crippen LogP contribution in [-0.4, -0.2) is 44.8 Å². The van der Waals surface area contributed by atoms with Crippen molar-refractivity contribution >= 4 is 29.7 Å². The van der Waals surface area contributed by atoms with E-state index in [1.54, 1.807) is 30.4 Å². The van der Waals surface area contributed by atoms with Crippen LogP contribution in [0.1, 0.15) is 54.6 Å². The number of fused-ring (bicyclic) bond motifs is 2. The zero-order valence-corrected chi connectivity index (χ0v) is 24.7. The van der Waals surface area contributed by atoms with Gasteiger partial charge in [-0.2, -0.15) is 13.2 Å². The lowest BCUT2D eigenvalue weighted by Crippen LogP contribution is -2.48. The van der Waals surface area contributed by atoms with Crippen LogP contribution in [0, 0.1) is 23.6 Å². The third-order valence-corrected chi connectivity index (χ3v) is 8.01. The number of amides is 2. The average Bonchev–Trinajstić information content (AvgIpc) is 3.54. The van der Waals surface area contributed by atoms with Crippen molar-refractivity contribution in [1.29, 1.82) is 0 Å². The molecule has 4 rings (SSSR count). The summed E-state index contributed by atoms with van der Waals surface area (Å²) in [6, 6.07) is 6.71. The Labute approximate surface area is 252 Å². The highest BCUT2D eigenvalue weighted by atomic mass is 19.4. The standard InChI is InChI=1S/C32H34F4N2O6/c1-17(2)26-20-10-11-21(26)28(27(20)30(40)37-19-9-12-24(33)23(16-19)32(34,35)36)38-29(39)22-15-18(8-13-25(22)42-3)7-5-6-14-44-31(41)43-4/h5,7-9,12-13,15-16,20-21,27-28H,6,10-11,14H2,1-4H3,(H,37,40)(H,38,39)/t20-,21+,27-,28+/m0/s1. The number of hydrogen-bond acceptors (Lipinski definition) is 6. The summed E-state index contributed by atoms with van der Waals surface area (Å²) in [5.74, 6) is -3.26. The Morgan fingerprint density at radius 3 is 2.41 bits per heavy atom. The van der Waals surface area contributed by atoms with Crippen molar-refractivity contribution < 1.29 is 46.2 Å². The number of carbonyl (C=O) groups is 3. The summed E-state index contributed by atoms with van der Waals surface area (Å²) in [6.45, 7) is 3.98. The van der Waals surface area contributed by atoms with Crippen molar-refractivity contribution in [3.63, 3.8) is 0 Å². The van der Waals surface area contributed by atoms with E-state index < -0.39 is 47.5 Å². The summed E-state index contributed by atoms with van der Waals surface area (Å²) >= 11 is 0. The summed E-state index contributed by atoms with van der Waals surface area (Å²) in [5, 5.41) is 5.56. The molecule has 2 N–H and O–H groups in total. The van der Waals surface area contributed by atoms with Crippen molar-refractivity contribution in [2.75, 3.05) is 26.1 Å². The van der Waals surface area contributed by atoms with Gasteiger partial charge in [0.15, 0.2) is 0 Å². The third kappa shape index (κ3) is 7.06. The molecule has 0 aromatic heterocycles. The molecule has 8 nitrogen and oxygen atoms in total. The fourth-order valence-electron chi connectivity index (χ4n) is 6.24. The van der Waals surface area contributed by atoms with Gasteiger partial charge >= 0.3 is 12.3 Å². The van der Waals surface area contributed by atoms with Gasteiger partial charge in [-0.1, -0.05) is 29.4 Å². The molecule has 0 saturated heterocycles. The SMILES string of the molecule is COC(=O)OCCC=Cc1ccc(OC)c(C(=O)N[C@H]2[C@@H](C(=O)Nc3ccc(F)c(C(F)(F)F)c3)[C@H]3CC[C@@H]2C3=C(C)C)c1. The van der Waals surface area contributed by atoms with Crippen molar-refractivity contribution in [2.45, 2.75) is 45.3 Å². The predicted molar refractivity (Wildman–Crippen MR) is 154 cm³/mol. The number of anilines is 1. The third-order valence-electron chi connectivity index (χ3n) is 8.01. The average molecular weight is 619 g/mol. The number of benzene rings is 2. The number of carbonyl (C=O) groups excluding carboxylic acids is 3. The molecule has 12 heteroatoms. The molecule has 2 bridgehead atoms. The first kappa shape index (κ1) is 32.6. The zero-order valence-electron chi connectivity index (χ0n) is 24.7. The number of halogens is 4. The van der Waals surface area contributed by atoms with Gasteiger partial charge in [0.05, 0.1) is 37.9 Å². The lowest BCUT2D eigenvalue weighted by atomic mass is 9.83. The highest BCUT2D eigenvalue weighted by Crippen LogP contribution is 2.54. The monoisotopic (exact) mass is 618 g/mol. The summed E-state index contributed by atoms with van der Waals surface area (Å²) in [5.41, 5.74) is 1.33. The molecule has 236 valence electrons. The van der Waals surface area contributed by atoms with Crippen LogP contribution in [0.2, 0.25) is 0 Å². The van der Waals surface area contributed by atoms with Gasteiger partial charge in [-0.25, -0.2) is 9.18 Å². The molecular weight excluding hydrogens is 584 g/mol. The second-order valence-corrected chi connectivity index (χ2v) is 10.9. The zero-order chi connectivity index (χ0) is 32.2. The van der Waals surface area contributed by atoms with E-state index in [0.717, 1.165) is 23.6 Å². The van der Waals surface area contributed by atoms with Gasteiger partial charge in [0.25, 0.3) is 5.91 Å². The number of rotatable bonds is 9. The first-order valence-corrected chi connectivity index (χ1v) is 14.1. The van der Waals surface area contributed by atoms with Crippen LogP contribution in [-0.2, 0) is 20.4 Å². The van der Waals surface area contributed by atoms with Crippen molar-refractivity contribution in [2.24, 2.45) is 17.8 Å². The second kappa shape index (κ2) is 13.5. The molecule has 2 aromatic carbocycles. The maximum absolute atomic E-state index is 13.8. The van der Waals surface area contributed by atoms with Gasteiger partial charge in [-0.05, 0) is 68.5 Å². The van der Waals surface area contributed by atoms with Crippen LogP contribution in [0.15, 0.2) is 53.6 Å². The number of hydrogen-bond donors (Lipinski definition) is 2. The fraction of sp³-hybridized carbons (Fsp3) is 0.406. The lowest BCUT2D eigenvalue weighted by Gasteiger charge is -2.30. The quantitative estimate of drug-likeness (QED) is 0.139. The maximum Gasteiger partial charge on any atom is 0.507 e. The van der Waals surface area contributed by atoms with Crippen LogP contribution in [0.3, 0.4) is 0 Å². The molecule has 44 heavy (non-hydrogen) atoms. The molecule has 2 amide bonds. The highest BCUT2D eigenvalue weighted by Gasteiger charge is 2.55. The number of methoxy groups -OCH3 is 2. The molecule has 0 unspecified atom stereocenters. The summed E-state index contributed by atoms with van der Waals surface area (Å²) in [7, 11) is 2.64. The lowest BCUT2D eigenvalue weighted by molar-refractivity contribution is -0.140. The number of ether oxygens (including phenoxy) is 3. The molecule has 0 heterocycles. The minimum atomic E-state index is -4.93. The van der Waals surface area contributed by atoms with Crippen molar-refractivity contribution in [3.05, 3.63) is 76.1 Å². The van der Waals surface area contributed by atoms with Gasteiger partial charge in [-0.15, -0.1) is 0 Å². The number of allylic oxidation sites excluding steroid dienone is 1. The van der Waals surface area contributed by atoms with Gasteiger partial charge in [-0.3, -0.25) is 9.59 Å². The summed E-state index contributed by atoms with van der Waals surface area (Å²) in [4.78, 5) is 38.4. The molecule has 0 radical (unpaired) electrons. The normalized spacial score (nSPS) is 20.9. The van der Waals surface area contributed by atoms with E-state index in [0.29, 0.717) is 36.3 Å². The number of alkyl halides is 3. The molecule has 4 atom stereocenters. The smallest absolute Gasteiger partial charge is 0.496 e. The topological polar surface area (TPSA) is 103 Å². The highest BCUT2D eigenvalue weighted by molar-refractivity contribution is 5.99. The van der Waals surface area contributed by atoms with Crippen LogP contribution in [0.4, 0.5) is 28.0 Å². The molecule has 2 aromatic rings. The summed E-state index contributed by atoms with van der Waals surface area (Å²) < 4.78 is 68.4. The van der Waals surface area contributed by atoms with Crippen LogP contribution < -0.4 is 15.4 Å². The van der Waals surface area contributed by atoms with E-state index in [-0.39, 0.29) is 29.7 Å². The van der Waals surface area contributed by atoms with E-state index in [1.165, 1.54) is 14.2 Å². The van der Waals surface area contributed by atoms with E-state index in [2.05, 4.69) is 15.4 Å². The van der Waals surface area contributed by atoms with Gasteiger partial charge < -0.3 is 24.8 Å². The van der Waals surface area contributed by atoms with Crippen molar-refractivity contribution in [1.82, 2.24) is 5.32 Å². The molecule has 0 aliphatic heterocycles. The van der Waals surface area contributed by atoms with Gasteiger partial charge in [0.2, 0.25) is 5.91 Å². The van der Waals surface area contributed by atoms with E-state index in [1.807, 2.05) is 13.8 Å². The molecular formula is C32H34F4N2O6. The Bertz CT molecular complexity index is 1480. The molecule has 2 aliphatic rings. The van der Waals surface area contributed by atoms with E-state index >= 15 is 0 Å². The van der Waals surface area contributed by atoms with Gasteiger partial charge in [0.1, 0.15) is 11.6 Å². The number of nitrogens with one attached hydrogen (secondary N) is 2. The van der Waals surface area contributed by atoms with Crippen LogP contribution in [0.5, 0.6) is 5.75 Å². The van der Waals surface area contributed by atoms with E-state index in [4.69, 9.17) is 9.47 Å². The van der Waals surface area contributed by atoms with Gasteiger partial charge in [0, 0.05) is 24.1 Å². The summed E-state index contributed by atoms with van der Waals surface area (Å²) in [6.07, 6.45) is -0.350. The van der Waals surface area contributed by atoms with E-state index in [9.17, 15) is 31.9 Å². The molecule has 2 fully saturated rings. The Hall–Kier alpha value is -4.35. The fourth-order valence-corrected chi connectivity index (χ4v) is 6.24. The predicted octanol–water partition coefficient (Wildman–Crippen LogP) is 6.77. The maximum atomic E-state index is 13.8. The first-order chi connectivity index (χ1) is 20.8. The van der Waals surface area contributed by atoms with Crippen LogP contribution >= 0.6 is 0 Å². The first-order valence-electron chi connectivity index (χ1n) is 14.1. The van der Waals surface area contributed by atoms with Crippen LogP contribution in [0.25, 0.3) is 6.08 Å². The largest absolute Gasteiger partial charge is 0.507 e. The minimum Gasteiger partial charge on any atom is -0.496 e. The molecule has 2 saturated carbocycles. The minimum absolute atomic E-state index is 0.114. The Balaban J connectivity index is 1.57. The molecule has 0 spiro atoms. The molecule has 2 aliphatic carbocycles. The Kier molecular flexibility index (Phi) is 10.0. The Morgan fingerprint density at radius 2 is 1.75 bits per heavy atom.